The Morgan fingerprint density at radius 2 is 2.10 bits per heavy atom. The molecule has 1 aromatic carbocycles. The van der Waals surface area contributed by atoms with Crippen LogP contribution in [0.25, 0.3) is 0 Å². The summed E-state index contributed by atoms with van der Waals surface area (Å²) in [5.41, 5.74) is 2.15. The van der Waals surface area contributed by atoms with Crippen LogP contribution in [-0.2, 0) is 13.2 Å². The minimum Gasteiger partial charge on any atom is -0.496 e. The summed E-state index contributed by atoms with van der Waals surface area (Å²) in [4.78, 5) is 5.20. The molecular formula is C17H26N2O2. The number of hydrogen-bond acceptors (Lipinski definition) is 4. The second kappa shape index (κ2) is 6.77. The van der Waals surface area contributed by atoms with Gasteiger partial charge in [0, 0.05) is 24.7 Å². The largest absolute Gasteiger partial charge is 0.496 e. The van der Waals surface area contributed by atoms with Crippen LogP contribution >= 0.6 is 0 Å². The van der Waals surface area contributed by atoms with Crippen LogP contribution in [0, 0.1) is 0 Å². The zero-order chi connectivity index (χ0) is 14.7. The average Bonchev–Trinajstić information content (AvgIpc) is 2.86. The smallest absolute Gasteiger partial charge is 0.123 e. The van der Waals surface area contributed by atoms with E-state index in [-0.39, 0.29) is 6.61 Å². The van der Waals surface area contributed by atoms with Crippen molar-refractivity contribution >= 4 is 0 Å². The fourth-order valence-corrected chi connectivity index (χ4v) is 3.72. The zero-order valence-electron chi connectivity index (χ0n) is 12.9. The van der Waals surface area contributed by atoms with Crippen molar-refractivity contribution in [3.8, 4) is 5.75 Å². The third kappa shape index (κ3) is 3.39. The second-order valence-corrected chi connectivity index (χ2v) is 6.23. The molecule has 0 saturated carbocycles. The third-order valence-corrected chi connectivity index (χ3v) is 4.81. The summed E-state index contributed by atoms with van der Waals surface area (Å²) >= 11 is 0. The first kappa shape index (κ1) is 14.8. The van der Waals surface area contributed by atoms with Crippen LogP contribution in [0.4, 0.5) is 0 Å². The van der Waals surface area contributed by atoms with Gasteiger partial charge in [-0.25, -0.2) is 0 Å². The first-order valence-corrected chi connectivity index (χ1v) is 8.03. The van der Waals surface area contributed by atoms with Gasteiger partial charge in [0.15, 0.2) is 0 Å². The predicted molar refractivity (Wildman–Crippen MR) is 83.4 cm³/mol. The monoisotopic (exact) mass is 290 g/mol. The summed E-state index contributed by atoms with van der Waals surface area (Å²) in [5.74, 6) is 0.930. The van der Waals surface area contributed by atoms with Crippen LogP contribution in [-0.4, -0.2) is 54.2 Å². The molecule has 0 radical (unpaired) electrons. The molecule has 4 heteroatoms. The van der Waals surface area contributed by atoms with Gasteiger partial charge in [-0.15, -0.1) is 0 Å². The van der Waals surface area contributed by atoms with Crippen molar-refractivity contribution in [2.75, 3.05) is 33.3 Å². The molecule has 0 amide bonds. The van der Waals surface area contributed by atoms with Gasteiger partial charge in [-0.05, 0) is 56.6 Å². The zero-order valence-corrected chi connectivity index (χ0v) is 12.9. The Hall–Kier alpha value is -1.10. The molecule has 0 aromatic heterocycles. The minimum absolute atomic E-state index is 0.0907. The first-order chi connectivity index (χ1) is 10.3. The minimum atomic E-state index is 0.0907. The number of benzene rings is 1. The molecule has 0 spiro atoms. The Labute approximate surface area is 127 Å². The molecule has 1 aromatic rings. The molecule has 116 valence electrons. The molecule has 2 heterocycles. The normalized spacial score (nSPS) is 23.8. The lowest BCUT2D eigenvalue weighted by molar-refractivity contribution is 0.213. The summed E-state index contributed by atoms with van der Waals surface area (Å²) in [6, 6.07) is 6.72. The van der Waals surface area contributed by atoms with E-state index in [9.17, 15) is 5.11 Å². The van der Waals surface area contributed by atoms with Crippen LogP contribution in [0.1, 0.15) is 30.4 Å². The number of nitrogens with zero attached hydrogens (tertiary/aromatic N) is 2. The van der Waals surface area contributed by atoms with Gasteiger partial charge in [-0.2, -0.15) is 0 Å². The van der Waals surface area contributed by atoms with Gasteiger partial charge < -0.3 is 9.84 Å². The van der Waals surface area contributed by atoms with Gasteiger partial charge in [0.2, 0.25) is 0 Å². The lowest BCUT2D eigenvalue weighted by Crippen LogP contribution is -2.36. The predicted octanol–water partition coefficient (Wildman–Crippen LogP) is 1.86. The van der Waals surface area contributed by atoms with Crippen molar-refractivity contribution in [1.29, 1.82) is 0 Å². The van der Waals surface area contributed by atoms with Crippen molar-refractivity contribution < 1.29 is 9.84 Å². The van der Waals surface area contributed by atoms with Gasteiger partial charge in [0.1, 0.15) is 5.75 Å². The van der Waals surface area contributed by atoms with E-state index in [4.69, 9.17) is 4.74 Å². The number of methoxy groups -OCH3 is 1. The number of aliphatic hydroxyl groups is 1. The molecule has 3 rings (SSSR count). The summed E-state index contributed by atoms with van der Waals surface area (Å²) in [6.45, 7) is 5.84. The van der Waals surface area contributed by atoms with Gasteiger partial charge in [-0.3, -0.25) is 9.80 Å². The Morgan fingerprint density at radius 1 is 1.24 bits per heavy atom. The number of rotatable bonds is 4. The molecule has 2 saturated heterocycles. The van der Waals surface area contributed by atoms with Gasteiger partial charge >= 0.3 is 0 Å². The van der Waals surface area contributed by atoms with E-state index in [2.05, 4.69) is 15.9 Å². The maximum atomic E-state index is 9.34. The number of ether oxygens (including phenoxy) is 1. The molecule has 4 nitrogen and oxygen atoms in total. The highest BCUT2D eigenvalue weighted by atomic mass is 16.5. The summed E-state index contributed by atoms with van der Waals surface area (Å²) in [5, 5.41) is 9.34. The second-order valence-electron chi connectivity index (χ2n) is 6.23. The van der Waals surface area contributed by atoms with Crippen LogP contribution in [0.2, 0.25) is 0 Å². The lowest BCUT2D eigenvalue weighted by Gasteiger charge is -2.26. The molecule has 2 fully saturated rings. The Kier molecular flexibility index (Phi) is 4.78. The van der Waals surface area contributed by atoms with Crippen molar-refractivity contribution in [2.24, 2.45) is 0 Å². The summed E-state index contributed by atoms with van der Waals surface area (Å²) in [6.07, 6.45) is 3.94. The Balaban J connectivity index is 1.72. The Morgan fingerprint density at radius 3 is 2.90 bits per heavy atom. The van der Waals surface area contributed by atoms with Crippen LogP contribution in [0.15, 0.2) is 18.2 Å². The van der Waals surface area contributed by atoms with E-state index < -0.39 is 0 Å². The lowest BCUT2D eigenvalue weighted by atomic mass is 10.1. The molecule has 2 aliphatic rings. The summed E-state index contributed by atoms with van der Waals surface area (Å²) < 4.78 is 5.49. The van der Waals surface area contributed by atoms with E-state index in [0.717, 1.165) is 37.0 Å². The van der Waals surface area contributed by atoms with Crippen molar-refractivity contribution in [1.82, 2.24) is 9.80 Å². The van der Waals surface area contributed by atoms with Gasteiger partial charge in [0.25, 0.3) is 0 Å². The SMILES string of the molecule is COc1ccc(CO)cc1CN1CCCN2CCCC2C1. The van der Waals surface area contributed by atoms with Crippen molar-refractivity contribution in [3.05, 3.63) is 29.3 Å². The number of hydrogen-bond donors (Lipinski definition) is 1. The fourth-order valence-electron chi connectivity index (χ4n) is 3.72. The fraction of sp³-hybridized carbons (Fsp3) is 0.647. The maximum Gasteiger partial charge on any atom is 0.123 e. The van der Waals surface area contributed by atoms with Gasteiger partial charge in [0.05, 0.1) is 13.7 Å². The van der Waals surface area contributed by atoms with E-state index in [1.54, 1.807) is 7.11 Å². The topological polar surface area (TPSA) is 35.9 Å². The van der Waals surface area contributed by atoms with E-state index >= 15 is 0 Å². The van der Waals surface area contributed by atoms with Crippen molar-refractivity contribution in [3.63, 3.8) is 0 Å². The highest BCUT2D eigenvalue weighted by Crippen LogP contribution is 2.25. The molecule has 1 atom stereocenters. The first-order valence-electron chi connectivity index (χ1n) is 8.03. The molecule has 0 aliphatic carbocycles. The van der Waals surface area contributed by atoms with Crippen LogP contribution in [0.5, 0.6) is 5.75 Å². The van der Waals surface area contributed by atoms with E-state index in [1.165, 1.54) is 37.9 Å². The number of aliphatic hydroxyl groups excluding tert-OH is 1. The van der Waals surface area contributed by atoms with Crippen LogP contribution in [0.3, 0.4) is 0 Å². The van der Waals surface area contributed by atoms with Gasteiger partial charge in [-0.1, -0.05) is 6.07 Å². The molecule has 1 unspecified atom stereocenters. The van der Waals surface area contributed by atoms with Crippen molar-refractivity contribution in [2.45, 2.75) is 38.5 Å². The van der Waals surface area contributed by atoms with E-state index in [1.807, 2.05) is 12.1 Å². The average molecular weight is 290 g/mol. The standard InChI is InChI=1S/C17H26N2O2/c1-21-17-6-5-14(13-20)10-15(17)11-18-7-3-9-19-8-2-4-16(19)12-18/h5-6,10,16,20H,2-4,7-9,11-13H2,1H3. The quantitative estimate of drug-likeness (QED) is 0.918. The van der Waals surface area contributed by atoms with Crippen LogP contribution < -0.4 is 4.74 Å². The maximum absolute atomic E-state index is 9.34. The Bertz CT molecular complexity index is 478. The molecule has 1 N–H and O–H groups in total. The van der Waals surface area contributed by atoms with E-state index in [0.29, 0.717) is 0 Å². The highest BCUT2D eigenvalue weighted by Gasteiger charge is 2.28. The summed E-state index contributed by atoms with van der Waals surface area (Å²) in [7, 11) is 1.72. The number of fused-ring (bicyclic) bond motifs is 1. The molecular weight excluding hydrogens is 264 g/mol. The third-order valence-electron chi connectivity index (χ3n) is 4.81. The molecule has 2 aliphatic heterocycles. The molecule has 0 bridgehead atoms. The highest BCUT2D eigenvalue weighted by molar-refractivity contribution is 5.37. The molecule has 21 heavy (non-hydrogen) atoms.